The summed E-state index contributed by atoms with van der Waals surface area (Å²) in [6.07, 6.45) is 34.9. The van der Waals surface area contributed by atoms with Gasteiger partial charge in [-0.1, -0.05) is 163 Å². The molecule has 0 aromatic carbocycles. The smallest absolute Gasteiger partial charge is 0.465 e. The largest absolute Gasteiger partial charge is 0.508 e. The number of carbonyl (C=O) groups is 2. The number of aliphatic hydroxyl groups excluding tert-OH is 1. The van der Waals surface area contributed by atoms with Crippen LogP contribution in [0.5, 0.6) is 0 Å². The quantitative estimate of drug-likeness (QED) is 0.0482. The minimum Gasteiger partial charge on any atom is -0.465 e. The molecule has 0 aliphatic carbocycles. The maximum Gasteiger partial charge on any atom is 0.508 e. The van der Waals surface area contributed by atoms with Gasteiger partial charge in [-0.2, -0.15) is 0 Å². The number of hydrogen-bond donors (Lipinski definition) is 1. The molecule has 0 amide bonds. The fraction of sp³-hybridized carbons (Fsp3) is 0.957. The van der Waals surface area contributed by atoms with E-state index in [1.54, 1.807) is 0 Å². The Balaban J connectivity index is 4.36. The van der Waals surface area contributed by atoms with Crippen molar-refractivity contribution in [1.29, 1.82) is 0 Å². The highest BCUT2D eigenvalue weighted by atomic mass is 16.7. The second-order valence-electron chi connectivity index (χ2n) is 16.2. The van der Waals surface area contributed by atoms with Crippen LogP contribution in [0.2, 0.25) is 0 Å². The van der Waals surface area contributed by atoms with Crippen molar-refractivity contribution in [3.63, 3.8) is 0 Å². The molecule has 0 bridgehead atoms. The lowest BCUT2D eigenvalue weighted by Crippen LogP contribution is -2.30. The van der Waals surface area contributed by atoms with Gasteiger partial charge in [0.05, 0.1) is 39.0 Å². The van der Waals surface area contributed by atoms with Crippen molar-refractivity contribution in [1.82, 2.24) is 4.90 Å². The Kier molecular flexibility index (Phi) is 42.6. The van der Waals surface area contributed by atoms with Gasteiger partial charge in [0.1, 0.15) is 6.10 Å². The summed E-state index contributed by atoms with van der Waals surface area (Å²) in [6, 6.07) is 0. The van der Waals surface area contributed by atoms with Crippen LogP contribution >= 0.6 is 0 Å². The number of esters is 1. The molecule has 55 heavy (non-hydrogen) atoms. The van der Waals surface area contributed by atoms with E-state index in [0.29, 0.717) is 26.4 Å². The molecule has 0 saturated carbocycles. The summed E-state index contributed by atoms with van der Waals surface area (Å²) in [5.74, 6) is 0.108. The van der Waals surface area contributed by atoms with Crippen LogP contribution in [0.3, 0.4) is 0 Å². The maximum absolute atomic E-state index is 12.9. The molecule has 0 saturated heterocycles. The second kappa shape index (κ2) is 43.7. The van der Waals surface area contributed by atoms with E-state index in [9.17, 15) is 9.59 Å². The van der Waals surface area contributed by atoms with E-state index < -0.39 is 6.16 Å². The Labute approximate surface area is 341 Å². The Morgan fingerprint density at radius 1 is 0.455 bits per heavy atom. The van der Waals surface area contributed by atoms with Crippen molar-refractivity contribution in [2.24, 2.45) is 5.92 Å². The monoisotopic (exact) mass is 784 g/mol. The lowest BCUT2D eigenvalue weighted by molar-refractivity contribution is -0.149. The average molecular weight is 784 g/mol. The SMILES string of the molecule is CCCCCCCCC(CCCCCC)OC(=O)OCCCCCCN(CCCCCCOC(=O)C(CCCCC)CCCCCCCC)CCOCCO. The molecule has 0 aromatic rings. The van der Waals surface area contributed by atoms with Crippen molar-refractivity contribution >= 4 is 12.1 Å². The normalized spacial score (nSPS) is 12.6. The number of nitrogens with zero attached hydrogens (tertiary/aromatic N) is 1. The van der Waals surface area contributed by atoms with Crippen LogP contribution in [0.1, 0.15) is 227 Å². The van der Waals surface area contributed by atoms with Crippen molar-refractivity contribution in [2.45, 2.75) is 233 Å². The number of rotatable bonds is 44. The molecule has 1 N–H and O–H groups in total. The van der Waals surface area contributed by atoms with Gasteiger partial charge in [0.15, 0.2) is 0 Å². The van der Waals surface area contributed by atoms with Gasteiger partial charge in [-0.3, -0.25) is 4.79 Å². The zero-order chi connectivity index (χ0) is 40.3. The Bertz CT molecular complexity index is 797. The van der Waals surface area contributed by atoms with Crippen LogP contribution < -0.4 is 0 Å². The highest BCUT2D eigenvalue weighted by molar-refractivity contribution is 5.72. The number of unbranched alkanes of at least 4 members (excludes halogenated alkanes) is 21. The molecule has 2 unspecified atom stereocenters. The number of ether oxygens (including phenoxy) is 4. The molecule has 0 aliphatic rings. The van der Waals surface area contributed by atoms with E-state index in [-0.39, 0.29) is 24.6 Å². The zero-order valence-corrected chi connectivity index (χ0v) is 37.1. The van der Waals surface area contributed by atoms with Gasteiger partial charge in [0.2, 0.25) is 0 Å². The summed E-state index contributed by atoms with van der Waals surface area (Å²) in [4.78, 5) is 27.9. The maximum atomic E-state index is 12.9. The number of aliphatic hydroxyl groups is 1. The van der Waals surface area contributed by atoms with Crippen LogP contribution in [0, 0.1) is 5.92 Å². The summed E-state index contributed by atoms with van der Waals surface area (Å²) in [5, 5.41) is 9.09. The molecule has 0 rings (SSSR count). The third-order valence-electron chi connectivity index (χ3n) is 10.9. The van der Waals surface area contributed by atoms with Crippen molar-refractivity contribution in [3.8, 4) is 0 Å². The topological polar surface area (TPSA) is 94.5 Å². The van der Waals surface area contributed by atoms with E-state index in [1.165, 1.54) is 96.3 Å². The lowest BCUT2D eigenvalue weighted by atomic mass is 9.94. The van der Waals surface area contributed by atoms with E-state index in [2.05, 4.69) is 32.6 Å². The van der Waals surface area contributed by atoms with Crippen LogP contribution in [-0.4, -0.2) is 80.9 Å². The predicted octanol–water partition coefficient (Wildman–Crippen LogP) is 13.2. The fourth-order valence-electron chi connectivity index (χ4n) is 7.30. The van der Waals surface area contributed by atoms with Gasteiger partial charge < -0.3 is 29.0 Å². The van der Waals surface area contributed by atoms with Gasteiger partial charge in [-0.25, -0.2) is 4.79 Å². The Morgan fingerprint density at radius 3 is 1.42 bits per heavy atom. The van der Waals surface area contributed by atoms with Crippen LogP contribution in [0.4, 0.5) is 4.79 Å². The van der Waals surface area contributed by atoms with Crippen LogP contribution in [0.15, 0.2) is 0 Å². The molecular formula is C47H93NO7. The van der Waals surface area contributed by atoms with Crippen LogP contribution in [0.25, 0.3) is 0 Å². The van der Waals surface area contributed by atoms with E-state index in [4.69, 9.17) is 24.1 Å². The second-order valence-corrected chi connectivity index (χ2v) is 16.2. The zero-order valence-electron chi connectivity index (χ0n) is 37.1. The molecule has 8 nitrogen and oxygen atoms in total. The minimum absolute atomic E-state index is 0.0159. The number of carbonyl (C=O) groups excluding carboxylic acids is 2. The summed E-state index contributed by atoms with van der Waals surface area (Å²) >= 11 is 0. The lowest BCUT2D eigenvalue weighted by Gasteiger charge is -2.22. The first kappa shape index (κ1) is 53.6. The van der Waals surface area contributed by atoms with Crippen molar-refractivity contribution < 1.29 is 33.6 Å². The van der Waals surface area contributed by atoms with Crippen molar-refractivity contribution in [2.75, 3.05) is 52.7 Å². The predicted molar refractivity (Wildman–Crippen MR) is 231 cm³/mol. The van der Waals surface area contributed by atoms with Gasteiger partial charge >= 0.3 is 12.1 Å². The Hall–Kier alpha value is -1.38. The molecule has 0 spiro atoms. The molecule has 0 heterocycles. The number of hydrogen-bond acceptors (Lipinski definition) is 8. The molecule has 2 atom stereocenters. The summed E-state index contributed by atoms with van der Waals surface area (Å²) in [6.45, 7) is 13.9. The first-order valence-corrected chi connectivity index (χ1v) is 23.9. The molecular weight excluding hydrogens is 691 g/mol. The Morgan fingerprint density at radius 2 is 0.873 bits per heavy atom. The first-order chi connectivity index (χ1) is 27.0. The third kappa shape index (κ3) is 37.9. The molecule has 328 valence electrons. The van der Waals surface area contributed by atoms with Gasteiger partial charge in [-0.15, -0.1) is 0 Å². The highest BCUT2D eigenvalue weighted by Gasteiger charge is 2.19. The molecule has 0 fully saturated rings. The van der Waals surface area contributed by atoms with Crippen LogP contribution in [-0.2, 0) is 23.7 Å². The van der Waals surface area contributed by atoms with Crippen molar-refractivity contribution in [3.05, 3.63) is 0 Å². The molecule has 0 radical (unpaired) electrons. The third-order valence-corrected chi connectivity index (χ3v) is 10.9. The first-order valence-electron chi connectivity index (χ1n) is 23.9. The van der Waals surface area contributed by atoms with E-state index >= 15 is 0 Å². The summed E-state index contributed by atoms with van der Waals surface area (Å²) in [5.41, 5.74) is 0. The summed E-state index contributed by atoms with van der Waals surface area (Å²) < 4.78 is 22.6. The standard InChI is InChI=1S/C47H93NO7/c1-5-9-13-16-18-25-33-44(32-24-12-8-4)46(50)53-40-30-22-20-28-36-48(38-42-52-43-39-49)37-29-21-23-31-41-54-47(51)55-45(34-26-15-11-7-3)35-27-19-17-14-10-6-2/h44-45,49H,5-43H2,1-4H3. The average Bonchev–Trinajstić information content (AvgIpc) is 3.18. The summed E-state index contributed by atoms with van der Waals surface area (Å²) in [7, 11) is 0. The van der Waals surface area contributed by atoms with E-state index in [1.807, 2.05) is 0 Å². The molecule has 0 aromatic heterocycles. The highest BCUT2D eigenvalue weighted by Crippen LogP contribution is 2.21. The van der Waals surface area contributed by atoms with Gasteiger partial charge in [0, 0.05) is 6.54 Å². The van der Waals surface area contributed by atoms with E-state index in [0.717, 1.165) is 122 Å². The molecule has 0 aliphatic heterocycles. The van der Waals surface area contributed by atoms with Gasteiger partial charge in [0.25, 0.3) is 0 Å². The van der Waals surface area contributed by atoms with Gasteiger partial charge in [-0.05, 0) is 77.3 Å². The minimum atomic E-state index is -0.492. The fourth-order valence-corrected chi connectivity index (χ4v) is 7.30. The molecule has 8 heteroatoms.